The quantitative estimate of drug-likeness (QED) is 0.729. The number of anilines is 3. The highest BCUT2D eigenvalue weighted by molar-refractivity contribution is 7.92. The highest BCUT2D eigenvalue weighted by Crippen LogP contribution is 2.23. The van der Waals surface area contributed by atoms with Gasteiger partial charge < -0.3 is 15.0 Å². The molecule has 0 aliphatic carbocycles. The standard InChI is InChI=1S/C22H29N3O4S/c1-4-18-5-9-21(10-6-18)25(30(3,27)28)17(2)22(26)23-19-7-11-20(12-8-19)24-13-15-29-16-14-24/h5-12,17H,4,13-16H2,1-3H3,(H,23,26). The van der Waals surface area contributed by atoms with E-state index in [9.17, 15) is 13.2 Å². The number of carbonyl (C=O) groups is 1. The summed E-state index contributed by atoms with van der Waals surface area (Å²) in [5, 5.41) is 2.83. The molecule has 1 aliphatic rings. The molecule has 0 aromatic heterocycles. The number of carbonyl (C=O) groups excluding carboxylic acids is 1. The Balaban J connectivity index is 1.73. The summed E-state index contributed by atoms with van der Waals surface area (Å²) in [5.74, 6) is -0.390. The molecule has 7 nitrogen and oxygen atoms in total. The SMILES string of the molecule is CCc1ccc(N(C(C)C(=O)Nc2ccc(N3CCOCC3)cc2)S(C)(=O)=O)cc1. The van der Waals surface area contributed by atoms with Gasteiger partial charge in [0.1, 0.15) is 6.04 Å². The van der Waals surface area contributed by atoms with Crippen LogP contribution in [0.4, 0.5) is 17.1 Å². The Bertz CT molecular complexity index is 953. The number of morpholine rings is 1. The van der Waals surface area contributed by atoms with Crippen LogP contribution in [-0.4, -0.2) is 52.9 Å². The first-order valence-corrected chi connectivity index (χ1v) is 12.0. The molecular formula is C22H29N3O4S. The molecule has 1 saturated heterocycles. The van der Waals surface area contributed by atoms with Crippen molar-refractivity contribution in [2.75, 3.05) is 47.1 Å². The predicted molar refractivity (Wildman–Crippen MR) is 121 cm³/mol. The van der Waals surface area contributed by atoms with Gasteiger partial charge in [-0.3, -0.25) is 9.10 Å². The molecule has 8 heteroatoms. The molecule has 1 fully saturated rings. The fraction of sp³-hybridized carbons (Fsp3) is 0.409. The maximum atomic E-state index is 12.8. The van der Waals surface area contributed by atoms with E-state index in [-0.39, 0.29) is 5.91 Å². The number of nitrogens with zero attached hydrogens (tertiary/aromatic N) is 2. The highest BCUT2D eigenvalue weighted by atomic mass is 32.2. The zero-order valence-corrected chi connectivity index (χ0v) is 18.5. The van der Waals surface area contributed by atoms with Crippen LogP contribution in [0.15, 0.2) is 48.5 Å². The average molecular weight is 432 g/mol. The van der Waals surface area contributed by atoms with Crippen LogP contribution in [0.3, 0.4) is 0 Å². The van der Waals surface area contributed by atoms with Crippen molar-refractivity contribution in [1.82, 2.24) is 0 Å². The fourth-order valence-corrected chi connectivity index (χ4v) is 4.69. The summed E-state index contributed by atoms with van der Waals surface area (Å²) in [6.45, 7) is 6.70. The molecule has 1 aliphatic heterocycles. The zero-order valence-electron chi connectivity index (χ0n) is 17.7. The molecule has 1 atom stereocenters. The monoisotopic (exact) mass is 431 g/mol. The third-order valence-corrected chi connectivity index (χ3v) is 6.44. The number of aryl methyl sites for hydroxylation is 1. The zero-order chi connectivity index (χ0) is 21.7. The first-order chi connectivity index (χ1) is 14.3. The fourth-order valence-electron chi connectivity index (χ4n) is 3.51. The van der Waals surface area contributed by atoms with E-state index in [2.05, 4.69) is 10.2 Å². The topological polar surface area (TPSA) is 79.0 Å². The van der Waals surface area contributed by atoms with Crippen LogP contribution in [0.1, 0.15) is 19.4 Å². The lowest BCUT2D eigenvalue weighted by Gasteiger charge is -2.29. The van der Waals surface area contributed by atoms with Crippen molar-refractivity contribution in [3.63, 3.8) is 0 Å². The van der Waals surface area contributed by atoms with Crippen LogP contribution in [0.5, 0.6) is 0 Å². The maximum Gasteiger partial charge on any atom is 0.247 e. The first-order valence-electron chi connectivity index (χ1n) is 10.1. The third-order valence-electron chi connectivity index (χ3n) is 5.20. The molecule has 2 aromatic rings. The van der Waals surface area contributed by atoms with Crippen LogP contribution < -0.4 is 14.5 Å². The number of hydrogen-bond donors (Lipinski definition) is 1. The van der Waals surface area contributed by atoms with Crippen molar-refractivity contribution < 1.29 is 17.9 Å². The molecule has 0 bridgehead atoms. The highest BCUT2D eigenvalue weighted by Gasteiger charge is 2.29. The van der Waals surface area contributed by atoms with Crippen molar-refractivity contribution >= 4 is 33.0 Å². The van der Waals surface area contributed by atoms with Gasteiger partial charge in [-0.1, -0.05) is 19.1 Å². The lowest BCUT2D eigenvalue weighted by atomic mass is 10.1. The molecule has 1 unspecified atom stereocenters. The van der Waals surface area contributed by atoms with Crippen molar-refractivity contribution in [2.24, 2.45) is 0 Å². The minimum Gasteiger partial charge on any atom is -0.378 e. The summed E-state index contributed by atoms with van der Waals surface area (Å²) < 4.78 is 31.4. The van der Waals surface area contributed by atoms with E-state index < -0.39 is 16.1 Å². The summed E-state index contributed by atoms with van der Waals surface area (Å²) >= 11 is 0. The van der Waals surface area contributed by atoms with Crippen LogP contribution in [-0.2, 0) is 26.0 Å². The molecule has 3 rings (SSSR count). The van der Waals surface area contributed by atoms with Crippen LogP contribution in [0, 0.1) is 0 Å². The first kappa shape index (κ1) is 22.1. The van der Waals surface area contributed by atoms with Crippen LogP contribution >= 0.6 is 0 Å². The summed E-state index contributed by atoms with van der Waals surface area (Å²) in [6, 6.07) is 13.9. The van der Waals surface area contributed by atoms with Gasteiger partial charge in [0.05, 0.1) is 25.2 Å². The van der Waals surface area contributed by atoms with E-state index in [1.807, 2.05) is 43.3 Å². The van der Waals surface area contributed by atoms with Crippen LogP contribution in [0.2, 0.25) is 0 Å². The van der Waals surface area contributed by atoms with Gasteiger partial charge in [-0.25, -0.2) is 8.42 Å². The van der Waals surface area contributed by atoms with Gasteiger partial charge >= 0.3 is 0 Å². The van der Waals surface area contributed by atoms with E-state index in [0.29, 0.717) is 24.6 Å². The molecule has 30 heavy (non-hydrogen) atoms. The molecule has 1 heterocycles. The summed E-state index contributed by atoms with van der Waals surface area (Å²) in [7, 11) is -3.64. The Labute approximate surface area is 178 Å². The Kier molecular flexibility index (Phi) is 6.99. The number of hydrogen-bond acceptors (Lipinski definition) is 5. The minimum atomic E-state index is -3.64. The molecule has 1 N–H and O–H groups in total. The van der Waals surface area contributed by atoms with Crippen molar-refractivity contribution in [3.05, 3.63) is 54.1 Å². The van der Waals surface area contributed by atoms with Gasteiger partial charge in [0.2, 0.25) is 15.9 Å². The second-order valence-electron chi connectivity index (χ2n) is 7.39. The van der Waals surface area contributed by atoms with E-state index in [1.165, 1.54) is 0 Å². The largest absolute Gasteiger partial charge is 0.378 e. The number of amides is 1. The second-order valence-corrected chi connectivity index (χ2v) is 9.25. The lowest BCUT2D eigenvalue weighted by molar-refractivity contribution is -0.116. The molecule has 0 radical (unpaired) electrons. The Morgan fingerprint density at radius 1 is 1.10 bits per heavy atom. The number of rotatable bonds is 7. The van der Waals surface area contributed by atoms with E-state index >= 15 is 0 Å². The minimum absolute atomic E-state index is 0.390. The number of sulfonamides is 1. The molecular weight excluding hydrogens is 402 g/mol. The smallest absolute Gasteiger partial charge is 0.247 e. The average Bonchev–Trinajstić information content (AvgIpc) is 2.74. The number of ether oxygens (including phenoxy) is 1. The van der Waals surface area contributed by atoms with Gasteiger partial charge in [0.25, 0.3) is 0 Å². The Morgan fingerprint density at radius 2 is 1.70 bits per heavy atom. The lowest BCUT2D eigenvalue weighted by Crippen LogP contribution is -2.45. The molecule has 0 saturated carbocycles. The van der Waals surface area contributed by atoms with Crippen LogP contribution in [0.25, 0.3) is 0 Å². The summed E-state index contributed by atoms with van der Waals surface area (Å²) in [6.07, 6.45) is 1.97. The van der Waals surface area contributed by atoms with E-state index in [1.54, 1.807) is 19.1 Å². The molecule has 2 aromatic carbocycles. The van der Waals surface area contributed by atoms with Gasteiger partial charge in [0.15, 0.2) is 0 Å². The molecule has 162 valence electrons. The number of nitrogens with one attached hydrogen (secondary N) is 1. The normalized spacial score (nSPS) is 15.5. The Hall–Kier alpha value is -2.58. The van der Waals surface area contributed by atoms with Gasteiger partial charge in [0, 0.05) is 24.5 Å². The number of benzene rings is 2. The summed E-state index contributed by atoms with van der Waals surface area (Å²) in [4.78, 5) is 15.1. The van der Waals surface area contributed by atoms with Gasteiger partial charge in [-0.15, -0.1) is 0 Å². The molecule has 1 amide bonds. The Morgan fingerprint density at radius 3 is 2.23 bits per heavy atom. The maximum absolute atomic E-state index is 12.8. The molecule has 0 spiro atoms. The van der Waals surface area contributed by atoms with E-state index in [4.69, 9.17) is 4.74 Å². The van der Waals surface area contributed by atoms with Gasteiger partial charge in [-0.05, 0) is 55.3 Å². The predicted octanol–water partition coefficient (Wildman–Crippen LogP) is 2.88. The third kappa shape index (κ3) is 5.31. The van der Waals surface area contributed by atoms with Crippen molar-refractivity contribution in [3.8, 4) is 0 Å². The van der Waals surface area contributed by atoms with Crippen molar-refractivity contribution in [1.29, 1.82) is 0 Å². The summed E-state index contributed by atoms with van der Waals surface area (Å²) in [5.41, 5.74) is 3.27. The van der Waals surface area contributed by atoms with Crippen molar-refractivity contribution in [2.45, 2.75) is 26.3 Å². The van der Waals surface area contributed by atoms with E-state index in [0.717, 1.165) is 41.3 Å². The van der Waals surface area contributed by atoms with Gasteiger partial charge in [-0.2, -0.15) is 0 Å². The second kappa shape index (κ2) is 9.49.